The summed E-state index contributed by atoms with van der Waals surface area (Å²) in [5.41, 5.74) is 6.73. The fraction of sp³-hybridized carbons (Fsp3) is 0.571. The smallest absolute Gasteiger partial charge is 0.155 e. The van der Waals surface area contributed by atoms with Crippen molar-refractivity contribution in [3.63, 3.8) is 0 Å². The van der Waals surface area contributed by atoms with Crippen LogP contribution < -0.4 is 10.5 Å². The van der Waals surface area contributed by atoms with Gasteiger partial charge in [0, 0.05) is 17.1 Å². The highest BCUT2D eigenvalue weighted by Crippen LogP contribution is 2.37. The van der Waals surface area contributed by atoms with Crippen LogP contribution in [0.1, 0.15) is 37.8 Å². The third-order valence-corrected chi connectivity index (χ3v) is 6.67. The van der Waals surface area contributed by atoms with Crippen LogP contribution in [0, 0.1) is 0 Å². The van der Waals surface area contributed by atoms with E-state index in [-0.39, 0.29) is 5.75 Å². The van der Waals surface area contributed by atoms with Crippen LogP contribution in [0.5, 0.6) is 5.75 Å². The number of hydrogen-bond acceptors (Lipinski definition) is 4. The quantitative estimate of drug-likeness (QED) is 0.902. The van der Waals surface area contributed by atoms with E-state index in [1.165, 1.54) is 0 Å². The molecular weight excluding hydrogens is 333 g/mol. The molecule has 1 aromatic rings. The fourth-order valence-electron chi connectivity index (χ4n) is 2.65. The number of ether oxygens (including phenoxy) is 1. The van der Waals surface area contributed by atoms with Gasteiger partial charge in [0.2, 0.25) is 0 Å². The van der Waals surface area contributed by atoms with E-state index in [0.29, 0.717) is 40.8 Å². The van der Waals surface area contributed by atoms with Gasteiger partial charge in [0.15, 0.2) is 9.84 Å². The van der Waals surface area contributed by atoms with Crippen molar-refractivity contribution in [3.8, 4) is 5.75 Å². The van der Waals surface area contributed by atoms with Gasteiger partial charge in [-0.3, -0.25) is 0 Å². The van der Waals surface area contributed by atoms with Crippen molar-refractivity contribution in [2.45, 2.75) is 37.5 Å². The zero-order chi connectivity index (χ0) is 15.6. The van der Waals surface area contributed by atoms with E-state index in [2.05, 4.69) is 0 Å². The molecule has 0 aromatic heterocycles. The average Bonchev–Trinajstić information content (AvgIpc) is 2.41. The Labute approximate surface area is 135 Å². The normalized spacial score (nSPS) is 22.8. The maximum Gasteiger partial charge on any atom is 0.155 e. The van der Waals surface area contributed by atoms with Crippen molar-refractivity contribution in [2.24, 2.45) is 5.73 Å². The van der Waals surface area contributed by atoms with Crippen LogP contribution in [0.4, 0.5) is 0 Å². The van der Waals surface area contributed by atoms with E-state index < -0.39 is 21.1 Å². The maximum absolute atomic E-state index is 12.2. The molecule has 1 heterocycles. The first-order valence-corrected chi connectivity index (χ1v) is 9.43. The number of halogens is 2. The minimum atomic E-state index is -3.18. The van der Waals surface area contributed by atoms with Gasteiger partial charge in [-0.25, -0.2) is 8.42 Å². The Morgan fingerprint density at radius 1 is 1.33 bits per heavy atom. The Kier molecular flexibility index (Phi) is 5.41. The van der Waals surface area contributed by atoms with E-state index in [0.717, 1.165) is 6.42 Å². The predicted octanol–water partition coefficient (Wildman–Crippen LogP) is 3.36. The second kappa shape index (κ2) is 6.73. The van der Waals surface area contributed by atoms with E-state index in [1.54, 1.807) is 12.1 Å². The Balaban J connectivity index is 2.35. The van der Waals surface area contributed by atoms with Crippen LogP contribution in [0.2, 0.25) is 10.0 Å². The summed E-state index contributed by atoms with van der Waals surface area (Å²) in [7, 11) is -3.18. The SMILES string of the molecule is CCOc1cc(Cl)c(C(N)C2CCCCS2(=O)=O)cc1Cl. The fourth-order valence-corrected chi connectivity index (χ4v) is 5.18. The van der Waals surface area contributed by atoms with Crippen LogP contribution in [0.3, 0.4) is 0 Å². The molecule has 1 aromatic carbocycles. The largest absolute Gasteiger partial charge is 0.492 e. The Morgan fingerprint density at radius 2 is 2.05 bits per heavy atom. The second-order valence-corrected chi connectivity index (χ2v) is 8.32. The van der Waals surface area contributed by atoms with Crippen molar-refractivity contribution in [1.82, 2.24) is 0 Å². The van der Waals surface area contributed by atoms with Crippen molar-refractivity contribution in [1.29, 1.82) is 0 Å². The van der Waals surface area contributed by atoms with Crippen molar-refractivity contribution >= 4 is 33.0 Å². The second-order valence-electron chi connectivity index (χ2n) is 5.16. The lowest BCUT2D eigenvalue weighted by Gasteiger charge is -2.28. The van der Waals surface area contributed by atoms with E-state index in [9.17, 15) is 8.42 Å². The molecule has 0 amide bonds. The highest BCUT2D eigenvalue weighted by atomic mass is 35.5. The molecule has 1 aliphatic heterocycles. The van der Waals surface area contributed by atoms with Crippen LogP contribution in [0.25, 0.3) is 0 Å². The summed E-state index contributed by atoms with van der Waals surface area (Å²) >= 11 is 12.4. The molecule has 2 atom stereocenters. The van der Waals surface area contributed by atoms with Crippen LogP contribution in [-0.2, 0) is 9.84 Å². The Morgan fingerprint density at radius 3 is 2.67 bits per heavy atom. The molecule has 1 fully saturated rings. The summed E-state index contributed by atoms with van der Waals surface area (Å²) < 4.78 is 29.7. The molecule has 0 aliphatic carbocycles. The molecule has 0 bridgehead atoms. The third kappa shape index (κ3) is 3.65. The summed E-state index contributed by atoms with van der Waals surface area (Å²) in [4.78, 5) is 0. The molecule has 7 heteroatoms. The molecule has 21 heavy (non-hydrogen) atoms. The lowest BCUT2D eigenvalue weighted by atomic mass is 10.00. The highest BCUT2D eigenvalue weighted by molar-refractivity contribution is 7.92. The first-order valence-electron chi connectivity index (χ1n) is 6.95. The van der Waals surface area contributed by atoms with Gasteiger partial charge in [0.25, 0.3) is 0 Å². The predicted molar refractivity (Wildman–Crippen MR) is 86.0 cm³/mol. The number of rotatable bonds is 4. The molecule has 2 N–H and O–H groups in total. The Hall–Kier alpha value is -0.490. The van der Waals surface area contributed by atoms with Gasteiger partial charge >= 0.3 is 0 Å². The molecule has 0 radical (unpaired) electrons. The monoisotopic (exact) mass is 351 g/mol. The molecule has 4 nitrogen and oxygen atoms in total. The highest BCUT2D eigenvalue weighted by Gasteiger charge is 2.35. The molecule has 118 valence electrons. The maximum atomic E-state index is 12.2. The van der Waals surface area contributed by atoms with E-state index >= 15 is 0 Å². The first kappa shape index (κ1) is 16.9. The summed E-state index contributed by atoms with van der Waals surface area (Å²) in [6.07, 6.45) is 2.12. The summed E-state index contributed by atoms with van der Waals surface area (Å²) in [6.45, 7) is 2.32. The number of sulfone groups is 1. The molecule has 2 rings (SSSR count). The minimum absolute atomic E-state index is 0.188. The molecule has 0 saturated carbocycles. The Bertz CT molecular complexity index is 619. The van der Waals surface area contributed by atoms with Gasteiger partial charge in [-0.1, -0.05) is 29.6 Å². The summed E-state index contributed by atoms with van der Waals surface area (Å²) in [5, 5.41) is 0.175. The first-order chi connectivity index (χ1) is 9.86. The lowest BCUT2D eigenvalue weighted by Crippen LogP contribution is -2.38. The van der Waals surface area contributed by atoms with Gasteiger partial charge < -0.3 is 10.5 Å². The lowest BCUT2D eigenvalue weighted by molar-refractivity contribution is 0.340. The van der Waals surface area contributed by atoms with Gasteiger partial charge in [-0.2, -0.15) is 0 Å². The number of nitrogens with two attached hydrogens (primary N) is 1. The number of hydrogen-bond donors (Lipinski definition) is 1. The van der Waals surface area contributed by atoms with Gasteiger partial charge in [-0.05, 0) is 31.4 Å². The topological polar surface area (TPSA) is 69.4 Å². The van der Waals surface area contributed by atoms with Crippen molar-refractivity contribution < 1.29 is 13.2 Å². The third-order valence-electron chi connectivity index (χ3n) is 3.74. The van der Waals surface area contributed by atoms with Crippen LogP contribution >= 0.6 is 23.2 Å². The molecular formula is C14H19Cl2NO3S. The van der Waals surface area contributed by atoms with Crippen molar-refractivity contribution in [3.05, 3.63) is 27.7 Å². The summed E-state index contributed by atoms with van der Waals surface area (Å²) in [6, 6.07) is 2.54. The zero-order valence-electron chi connectivity index (χ0n) is 11.8. The van der Waals surface area contributed by atoms with Crippen LogP contribution in [0.15, 0.2) is 12.1 Å². The minimum Gasteiger partial charge on any atom is -0.492 e. The summed E-state index contributed by atoms with van der Waals surface area (Å²) in [5.74, 6) is 0.667. The van der Waals surface area contributed by atoms with Crippen molar-refractivity contribution in [2.75, 3.05) is 12.4 Å². The molecule has 2 unspecified atom stereocenters. The average molecular weight is 352 g/mol. The zero-order valence-corrected chi connectivity index (χ0v) is 14.1. The van der Waals surface area contributed by atoms with Gasteiger partial charge in [-0.15, -0.1) is 0 Å². The van der Waals surface area contributed by atoms with Gasteiger partial charge in [0.05, 0.1) is 22.6 Å². The standard InChI is InChI=1S/C14H19Cl2NO3S/c1-2-20-12-8-10(15)9(7-11(12)16)14(17)13-5-3-4-6-21(13,18)19/h7-8,13-14H,2-6,17H2,1H3. The van der Waals surface area contributed by atoms with Crippen LogP contribution in [-0.4, -0.2) is 26.0 Å². The molecule has 0 spiro atoms. The van der Waals surface area contributed by atoms with Gasteiger partial charge in [0.1, 0.15) is 5.75 Å². The van der Waals surface area contributed by atoms with E-state index in [1.807, 2.05) is 6.92 Å². The molecule has 1 saturated heterocycles. The molecule has 1 aliphatic rings. The number of benzene rings is 1. The van der Waals surface area contributed by atoms with E-state index in [4.69, 9.17) is 33.7 Å².